The van der Waals surface area contributed by atoms with Crippen molar-refractivity contribution in [1.29, 1.82) is 0 Å². The number of ether oxygens (including phenoxy) is 2. The molecule has 1 N–H and O–H groups in total. The van der Waals surface area contributed by atoms with Gasteiger partial charge in [-0.25, -0.2) is 9.78 Å². The predicted octanol–water partition coefficient (Wildman–Crippen LogP) is 4.30. The van der Waals surface area contributed by atoms with E-state index < -0.39 is 5.97 Å². The number of anilines is 1. The maximum Gasteiger partial charge on any atom is 0.358 e. The van der Waals surface area contributed by atoms with E-state index in [4.69, 9.17) is 37.8 Å². The zero-order valence-corrected chi connectivity index (χ0v) is 21.7. The van der Waals surface area contributed by atoms with Crippen molar-refractivity contribution in [3.63, 3.8) is 0 Å². The number of hydrogen-bond donors (Lipinski definition) is 1. The fourth-order valence-electron chi connectivity index (χ4n) is 4.32. The molecule has 1 saturated heterocycles. The van der Waals surface area contributed by atoms with Crippen LogP contribution in [0.15, 0.2) is 55.0 Å². The molecule has 1 unspecified atom stereocenters. The number of nitrogens with zero attached hydrogens (tertiary/aromatic N) is 4. The van der Waals surface area contributed by atoms with E-state index in [2.05, 4.69) is 26.9 Å². The summed E-state index contributed by atoms with van der Waals surface area (Å²) in [5.41, 5.74) is 2.40. The first kappa shape index (κ1) is 26.3. The van der Waals surface area contributed by atoms with Gasteiger partial charge in [0.1, 0.15) is 12.4 Å². The Bertz CT molecular complexity index is 1160. The summed E-state index contributed by atoms with van der Waals surface area (Å²) >= 11 is 12.8. The number of halogens is 2. The van der Waals surface area contributed by atoms with Gasteiger partial charge < -0.3 is 24.0 Å². The molecule has 1 aliphatic rings. The summed E-state index contributed by atoms with van der Waals surface area (Å²) in [5, 5.41) is 10.3. The van der Waals surface area contributed by atoms with Gasteiger partial charge in [0.2, 0.25) is 0 Å². The molecule has 0 amide bonds. The van der Waals surface area contributed by atoms with E-state index in [1.165, 1.54) is 0 Å². The molecule has 0 aliphatic carbocycles. The van der Waals surface area contributed by atoms with Crippen LogP contribution in [0, 0.1) is 0 Å². The fraction of sp³-hybridized carbons (Fsp3) is 0.385. The number of carbonyl (C=O) groups is 1. The molecular formula is C26H30Cl2N4O4. The van der Waals surface area contributed by atoms with Gasteiger partial charge in [0, 0.05) is 50.0 Å². The number of aliphatic hydroxyl groups is 1. The zero-order chi connectivity index (χ0) is 25.5. The summed E-state index contributed by atoms with van der Waals surface area (Å²) in [6.07, 6.45) is 3.39. The third-order valence-electron chi connectivity index (χ3n) is 6.10. The number of aliphatic hydroxyl groups excluding tert-OH is 1. The smallest absolute Gasteiger partial charge is 0.358 e. The molecule has 1 atom stereocenters. The summed E-state index contributed by atoms with van der Waals surface area (Å²) in [5.74, 6) is 0.222. The van der Waals surface area contributed by atoms with Gasteiger partial charge in [0.15, 0.2) is 5.69 Å². The highest BCUT2D eigenvalue weighted by atomic mass is 35.5. The molecule has 1 aliphatic heterocycles. The number of rotatable bonds is 10. The van der Waals surface area contributed by atoms with Gasteiger partial charge in [-0.15, -0.1) is 0 Å². The number of esters is 1. The Morgan fingerprint density at radius 1 is 1.14 bits per heavy atom. The summed E-state index contributed by atoms with van der Waals surface area (Å²) in [4.78, 5) is 20.8. The van der Waals surface area contributed by atoms with Gasteiger partial charge in [-0.05, 0) is 36.8 Å². The van der Waals surface area contributed by atoms with Crippen LogP contribution in [0.1, 0.15) is 29.0 Å². The van der Waals surface area contributed by atoms with Crippen LogP contribution in [-0.4, -0.2) is 71.5 Å². The number of hydrogen-bond acceptors (Lipinski definition) is 7. The van der Waals surface area contributed by atoms with Gasteiger partial charge in [-0.3, -0.25) is 4.90 Å². The summed E-state index contributed by atoms with van der Waals surface area (Å²) < 4.78 is 12.5. The Morgan fingerprint density at radius 2 is 1.94 bits per heavy atom. The monoisotopic (exact) mass is 532 g/mol. The van der Waals surface area contributed by atoms with Crippen LogP contribution >= 0.6 is 23.2 Å². The van der Waals surface area contributed by atoms with E-state index in [0.717, 1.165) is 37.4 Å². The van der Waals surface area contributed by atoms with Crippen molar-refractivity contribution in [3.8, 4) is 5.75 Å². The average Bonchev–Trinajstić information content (AvgIpc) is 3.36. The maximum atomic E-state index is 11.9. The SMILES string of the molecule is CCOC(=O)c1cn(CCN2CCN(c3ccc(OCCO)cc3Cl)C(c3ccc(Cl)cc3)C2)cn1. The zero-order valence-electron chi connectivity index (χ0n) is 20.1. The van der Waals surface area contributed by atoms with Crippen LogP contribution in [0.3, 0.4) is 0 Å². The lowest BCUT2D eigenvalue weighted by molar-refractivity contribution is 0.0520. The highest BCUT2D eigenvalue weighted by molar-refractivity contribution is 6.33. The first-order valence-electron chi connectivity index (χ1n) is 11.9. The van der Waals surface area contributed by atoms with Gasteiger partial charge in [0.05, 0.1) is 36.3 Å². The lowest BCUT2D eigenvalue weighted by Crippen LogP contribution is -2.49. The van der Waals surface area contributed by atoms with Crippen molar-refractivity contribution in [1.82, 2.24) is 14.5 Å². The van der Waals surface area contributed by atoms with Crippen molar-refractivity contribution in [3.05, 3.63) is 76.3 Å². The Morgan fingerprint density at radius 3 is 2.67 bits per heavy atom. The molecule has 36 heavy (non-hydrogen) atoms. The van der Waals surface area contributed by atoms with E-state index in [1.807, 2.05) is 28.8 Å². The third kappa shape index (κ3) is 6.50. The molecule has 0 spiro atoms. The molecular weight excluding hydrogens is 503 g/mol. The van der Waals surface area contributed by atoms with E-state index in [1.54, 1.807) is 25.5 Å². The van der Waals surface area contributed by atoms with E-state index in [0.29, 0.717) is 34.6 Å². The van der Waals surface area contributed by atoms with Crippen molar-refractivity contribution < 1.29 is 19.4 Å². The lowest BCUT2D eigenvalue weighted by Gasteiger charge is -2.43. The molecule has 0 radical (unpaired) electrons. The topological polar surface area (TPSA) is 80.1 Å². The van der Waals surface area contributed by atoms with Crippen molar-refractivity contribution >= 4 is 34.9 Å². The Labute approximate surface area is 221 Å². The summed E-state index contributed by atoms with van der Waals surface area (Å²) in [7, 11) is 0. The molecule has 1 aromatic heterocycles. The number of benzene rings is 2. The molecule has 4 rings (SSSR count). The molecule has 0 bridgehead atoms. The van der Waals surface area contributed by atoms with Crippen LogP contribution in [0.5, 0.6) is 5.75 Å². The first-order chi connectivity index (χ1) is 17.5. The molecule has 8 nitrogen and oxygen atoms in total. The minimum atomic E-state index is -0.405. The van der Waals surface area contributed by atoms with Crippen LogP contribution < -0.4 is 9.64 Å². The molecule has 0 saturated carbocycles. The fourth-order valence-corrected chi connectivity index (χ4v) is 4.73. The van der Waals surface area contributed by atoms with Crippen molar-refractivity contribution in [2.75, 3.05) is 50.9 Å². The van der Waals surface area contributed by atoms with Crippen molar-refractivity contribution in [2.45, 2.75) is 19.5 Å². The summed E-state index contributed by atoms with van der Waals surface area (Å²) in [6, 6.07) is 13.6. The number of imidazole rings is 1. The van der Waals surface area contributed by atoms with Gasteiger partial charge in [-0.1, -0.05) is 35.3 Å². The first-order valence-corrected chi connectivity index (χ1v) is 12.7. The Hall–Kier alpha value is -2.78. The normalized spacial score (nSPS) is 16.2. The third-order valence-corrected chi connectivity index (χ3v) is 6.65. The molecule has 192 valence electrons. The Kier molecular flexibility index (Phi) is 9.09. The van der Waals surface area contributed by atoms with Crippen LogP contribution in [0.4, 0.5) is 5.69 Å². The van der Waals surface area contributed by atoms with Gasteiger partial charge in [0.25, 0.3) is 0 Å². The summed E-state index contributed by atoms with van der Waals surface area (Å²) in [6.45, 7) is 6.20. The minimum Gasteiger partial charge on any atom is -0.491 e. The molecule has 3 aromatic rings. The van der Waals surface area contributed by atoms with Crippen LogP contribution in [-0.2, 0) is 11.3 Å². The molecule has 1 fully saturated rings. The lowest BCUT2D eigenvalue weighted by atomic mass is 10.0. The van der Waals surface area contributed by atoms with Crippen LogP contribution in [0.25, 0.3) is 0 Å². The predicted molar refractivity (Wildman–Crippen MR) is 140 cm³/mol. The minimum absolute atomic E-state index is 0.0524. The molecule has 2 aromatic carbocycles. The molecule has 10 heteroatoms. The number of carbonyl (C=O) groups excluding carboxylic acids is 1. The largest absolute Gasteiger partial charge is 0.491 e. The average molecular weight is 533 g/mol. The Balaban J connectivity index is 1.48. The maximum absolute atomic E-state index is 11.9. The van der Waals surface area contributed by atoms with E-state index in [-0.39, 0.29) is 19.3 Å². The second-order valence-electron chi connectivity index (χ2n) is 8.46. The van der Waals surface area contributed by atoms with E-state index in [9.17, 15) is 4.79 Å². The van der Waals surface area contributed by atoms with Gasteiger partial charge >= 0.3 is 5.97 Å². The number of piperazine rings is 1. The highest BCUT2D eigenvalue weighted by Gasteiger charge is 2.30. The second-order valence-corrected chi connectivity index (χ2v) is 9.31. The van der Waals surface area contributed by atoms with Gasteiger partial charge in [-0.2, -0.15) is 0 Å². The highest BCUT2D eigenvalue weighted by Crippen LogP contribution is 2.37. The van der Waals surface area contributed by atoms with Crippen molar-refractivity contribution in [2.24, 2.45) is 0 Å². The quantitative estimate of drug-likeness (QED) is 0.390. The molecule has 2 heterocycles. The van der Waals surface area contributed by atoms with Crippen LogP contribution in [0.2, 0.25) is 10.0 Å². The van der Waals surface area contributed by atoms with E-state index >= 15 is 0 Å². The standard InChI is InChI=1S/C26H30Cl2N4O4/c1-2-35-26(34)23-16-31(18-29-23)10-9-30-11-12-32(25(17-30)19-3-5-20(27)6-4-19)24-8-7-21(15-22(24)28)36-14-13-33/h3-8,15-16,18,25,33H,2,9-14,17H2,1H3. The second kappa shape index (κ2) is 12.5. The number of aromatic nitrogens is 2.